The second-order valence-corrected chi connectivity index (χ2v) is 5.65. The number of aromatic carboxylic acids is 1. The maximum Gasteiger partial charge on any atom is 0.216 e. The number of H-pyrrole nitrogens is 1. The number of aromatic amines is 1. The summed E-state index contributed by atoms with van der Waals surface area (Å²) < 4.78 is 1.79. The summed E-state index contributed by atoms with van der Waals surface area (Å²) in [6, 6.07) is 13.3. The van der Waals surface area contributed by atoms with Crippen LogP contribution in [0.15, 0.2) is 53.6 Å². The molecule has 0 saturated carbocycles. The summed E-state index contributed by atoms with van der Waals surface area (Å²) in [5.41, 5.74) is 1.58. The van der Waals surface area contributed by atoms with Crippen molar-refractivity contribution in [2.45, 2.75) is 0 Å². The van der Waals surface area contributed by atoms with E-state index < -0.39 is 5.97 Å². The first-order chi connectivity index (χ1) is 11.5. The number of carboxylic acid groups (broad SMARTS) is 1. The van der Waals surface area contributed by atoms with Crippen molar-refractivity contribution in [2.24, 2.45) is 5.10 Å². The third-order valence-corrected chi connectivity index (χ3v) is 3.70. The van der Waals surface area contributed by atoms with Crippen molar-refractivity contribution in [3.63, 3.8) is 0 Å². The SMILES string of the molecule is O=C([O-])c1ccc(/C=N\n2c(-c3cccc(Cl)c3)n[nH]c2=S)cc1. The van der Waals surface area contributed by atoms with E-state index in [0.717, 1.165) is 5.56 Å². The van der Waals surface area contributed by atoms with Crippen LogP contribution in [0.3, 0.4) is 0 Å². The van der Waals surface area contributed by atoms with Crippen LogP contribution in [0, 0.1) is 4.77 Å². The molecule has 2 aromatic carbocycles. The number of rotatable bonds is 4. The van der Waals surface area contributed by atoms with Gasteiger partial charge in [0.2, 0.25) is 4.77 Å². The van der Waals surface area contributed by atoms with Crippen LogP contribution in [0.5, 0.6) is 0 Å². The lowest BCUT2D eigenvalue weighted by atomic mass is 10.1. The molecule has 1 heterocycles. The Morgan fingerprint density at radius 3 is 2.71 bits per heavy atom. The van der Waals surface area contributed by atoms with Crippen LogP contribution in [0.1, 0.15) is 15.9 Å². The summed E-state index contributed by atoms with van der Waals surface area (Å²) in [4.78, 5) is 10.7. The Morgan fingerprint density at radius 1 is 1.29 bits per heavy atom. The van der Waals surface area contributed by atoms with Gasteiger partial charge in [-0.25, -0.2) is 5.10 Å². The fourth-order valence-electron chi connectivity index (χ4n) is 2.04. The van der Waals surface area contributed by atoms with Gasteiger partial charge in [-0.1, -0.05) is 48.0 Å². The van der Waals surface area contributed by atoms with Gasteiger partial charge in [-0.05, 0) is 35.5 Å². The molecule has 6 nitrogen and oxygen atoms in total. The van der Waals surface area contributed by atoms with E-state index >= 15 is 0 Å². The zero-order valence-electron chi connectivity index (χ0n) is 12.1. The Hall–Kier alpha value is -2.77. The number of hydrogen-bond acceptors (Lipinski definition) is 5. The molecular weight excluding hydrogens is 348 g/mol. The van der Waals surface area contributed by atoms with Gasteiger partial charge in [0.15, 0.2) is 5.82 Å². The molecule has 0 bridgehead atoms. The number of aromatic nitrogens is 3. The van der Waals surface area contributed by atoms with Gasteiger partial charge >= 0.3 is 0 Å². The highest BCUT2D eigenvalue weighted by molar-refractivity contribution is 7.71. The molecule has 1 N–H and O–H groups in total. The van der Waals surface area contributed by atoms with Gasteiger partial charge in [0.1, 0.15) is 0 Å². The maximum absolute atomic E-state index is 10.7. The molecule has 0 unspecified atom stereocenters. The highest BCUT2D eigenvalue weighted by Gasteiger charge is 2.08. The van der Waals surface area contributed by atoms with E-state index in [4.69, 9.17) is 23.8 Å². The van der Waals surface area contributed by atoms with Crippen molar-refractivity contribution < 1.29 is 9.90 Å². The van der Waals surface area contributed by atoms with Gasteiger partial charge in [0, 0.05) is 10.6 Å². The van der Waals surface area contributed by atoms with Gasteiger partial charge in [-0.15, -0.1) is 0 Å². The number of nitrogens with zero attached hydrogens (tertiary/aromatic N) is 3. The molecule has 0 aliphatic rings. The average Bonchev–Trinajstić information content (AvgIpc) is 2.94. The van der Waals surface area contributed by atoms with E-state index in [1.54, 1.807) is 30.5 Å². The molecular formula is C16H10ClN4O2S-. The predicted octanol–water partition coefficient (Wildman–Crippen LogP) is 2.51. The lowest BCUT2D eigenvalue weighted by molar-refractivity contribution is -0.255. The summed E-state index contributed by atoms with van der Waals surface area (Å²) in [6.07, 6.45) is 1.55. The molecule has 24 heavy (non-hydrogen) atoms. The number of carboxylic acids is 1. The molecule has 0 atom stereocenters. The first-order valence-electron chi connectivity index (χ1n) is 6.84. The topological polar surface area (TPSA) is 86.1 Å². The molecule has 0 aliphatic heterocycles. The average molecular weight is 358 g/mol. The number of carbonyl (C=O) groups is 1. The molecule has 0 saturated heterocycles. The summed E-state index contributed by atoms with van der Waals surface area (Å²) >= 11 is 11.2. The van der Waals surface area contributed by atoms with Crippen molar-refractivity contribution in [2.75, 3.05) is 0 Å². The Balaban J connectivity index is 1.94. The van der Waals surface area contributed by atoms with E-state index in [9.17, 15) is 9.90 Å². The molecule has 0 fully saturated rings. The molecule has 0 amide bonds. The molecule has 1 aromatic heterocycles. The van der Waals surface area contributed by atoms with Crippen molar-refractivity contribution in [1.29, 1.82) is 0 Å². The van der Waals surface area contributed by atoms with Crippen LogP contribution in [0.25, 0.3) is 11.4 Å². The highest BCUT2D eigenvalue weighted by atomic mass is 35.5. The molecule has 0 spiro atoms. The van der Waals surface area contributed by atoms with Crippen LogP contribution in [-0.4, -0.2) is 27.1 Å². The molecule has 120 valence electrons. The van der Waals surface area contributed by atoms with E-state index in [0.29, 0.717) is 21.2 Å². The second-order valence-electron chi connectivity index (χ2n) is 4.83. The summed E-state index contributed by atoms with van der Waals surface area (Å²) in [5, 5.41) is 22.5. The largest absolute Gasteiger partial charge is 0.545 e. The second kappa shape index (κ2) is 6.77. The number of halogens is 1. The standard InChI is InChI=1S/C16H11ClN4O2S/c17-13-3-1-2-12(8-13)14-19-20-16(24)21(14)18-9-10-4-6-11(7-5-10)15(22)23/h1-9H,(H,20,24)(H,22,23)/p-1/b18-9-. The van der Waals surface area contributed by atoms with Crippen molar-refractivity contribution in [1.82, 2.24) is 14.9 Å². The predicted molar refractivity (Wildman–Crippen MR) is 91.6 cm³/mol. The minimum Gasteiger partial charge on any atom is -0.545 e. The normalized spacial score (nSPS) is 11.0. The van der Waals surface area contributed by atoms with Gasteiger partial charge in [0.25, 0.3) is 0 Å². The first kappa shape index (κ1) is 16.1. The summed E-state index contributed by atoms with van der Waals surface area (Å²) in [6.45, 7) is 0. The Kier molecular flexibility index (Phi) is 4.54. The minimum absolute atomic E-state index is 0.103. The Bertz CT molecular complexity index is 976. The third kappa shape index (κ3) is 3.42. The van der Waals surface area contributed by atoms with Crippen LogP contribution in [0.4, 0.5) is 0 Å². The molecule has 8 heteroatoms. The minimum atomic E-state index is -1.22. The van der Waals surface area contributed by atoms with Gasteiger partial charge in [-0.3, -0.25) is 0 Å². The zero-order chi connectivity index (χ0) is 17.1. The van der Waals surface area contributed by atoms with Gasteiger partial charge < -0.3 is 9.90 Å². The molecule has 3 rings (SSSR count). The Labute approximate surface area is 147 Å². The Morgan fingerprint density at radius 2 is 2.04 bits per heavy atom. The van der Waals surface area contributed by atoms with Crippen LogP contribution in [-0.2, 0) is 0 Å². The zero-order valence-corrected chi connectivity index (χ0v) is 13.7. The molecule has 0 radical (unpaired) electrons. The van der Waals surface area contributed by atoms with Gasteiger partial charge in [-0.2, -0.15) is 14.9 Å². The third-order valence-electron chi connectivity index (χ3n) is 3.20. The lowest BCUT2D eigenvalue weighted by Gasteiger charge is -2.03. The van der Waals surface area contributed by atoms with Crippen molar-refractivity contribution >= 4 is 36.0 Å². The van der Waals surface area contributed by atoms with Crippen LogP contribution in [0.2, 0.25) is 5.02 Å². The first-order valence-corrected chi connectivity index (χ1v) is 7.62. The monoisotopic (exact) mass is 357 g/mol. The highest BCUT2D eigenvalue weighted by Crippen LogP contribution is 2.21. The van der Waals surface area contributed by atoms with E-state index in [1.807, 2.05) is 12.1 Å². The quantitative estimate of drug-likeness (QED) is 0.574. The van der Waals surface area contributed by atoms with Crippen molar-refractivity contribution in [3.8, 4) is 11.4 Å². The maximum atomic E-state index is 10.7. The molecule has 3 aromatic rings. The fourth-order valence-corrected chi connectivity index (χ4v) is 2.41. The van der Waals surface area contributed by atoms with E-state index in [-0.39, 0.29) is 5.56 Å². The number of nitrogens with one attached hydrogen (secondary N) is 1. The van der Waals surface area contributed by atoms with Gasteiger partial charge in [0.05, 0.1) is 12.2 Å². The lowest BCUT2D eigenvalue weighted by Crippen LogP contribution is -2.21. The van der Waals surface area contributed by atoms with Crippen LogP contribution < -0.4 is 5.11 Å². The van der Waals surface area contributed by atoms with E-state index in [2.05, 4.69) is 15.3 Å². The number of benzene rings is 2. The van der Waals surface area contributed by atoms with Crippen LogP contribution >= 0.6 is 23.8 Å². The number of hydrogen-bond donors (Lipinski definition) is 1. The summed E-state index contributed by atoms with van der Waals surface area (Å²) in [5.74, 6) is -0.705. The van der Waals surface area contributed by atoms with E-state index in [1.165, 1.54) is 16.8 Å². The molecule has 0 aliphatic carbocycles. The summed E-state index contributed by atoms with van der Waals surface area (Å²) in [7, 11) is 0. The van der Waals surface area contributed by atoms with Crippen molar-refractivity contribution in [3.05, 3.63) is 69.5 Å². The fraction of sp³-hybridized carbons (Fsp3) is 0. The number of carbonyl (C=O) groups excluding carboxylic acids is 1. The smallest absolute Gasteiger partial charge is 0.216 e.